The normalized spacial score (nSPS) is 14.6. The summed E-state index contributed by atoms with van der Waals surface area (Å²) in [4.78, 5) is 26.4. The third kappa shape index (κ3) is 3.92. The number of piperidine rings is 1. The minimum atomic E-state index is -0.385. The highest BCUT2D eigenvalue weighted by molar-refractivity contribution is 5.94. The Morgan fingerprint density at radius 1 is 1.12 bits per heavy atom. The molecule has 0 saturated carbocycles. The SMILES string of the molecule is O=c1[nH]ccc2nc(-c3ccccc3F)cc(Nc3ccc(N4CCC(O)CC4)cn3)c12. The lowest BCUT2D eigenvalue weighted by atomic mass is 10.1. The number of hydrogen-bond acceptors (Lipinski definition) is 6. The number of aliphatic hydroxyl groups is 1. The van der Waals surface area contributed by atoms with Gasteiger partial charge in [0, 0.05) is 24.8 Å². The number of anilines is 3. The van der Waals surface area contributed by atoms with E-state index in [1.54, 1.807) is 36.5 Å². The van der Waals surface area contributed by atoms with Gasteiger partial charge in [0.05, 0.1) is 40.3 Å². The number of aromatic amines is 1. The van der Waals surface area contributed by atoms with Crippen molar-refractivity contribution in [2.45, 2.75) is 18.9 Å². The van der Waals surface area contributed by atoms with E-state index in [0.717, 1.165) is 31.6 Å². The van der Waals surface area contributed by atoms with Gasteiger partial charge in [-0.2, -0.15) is 0 Å². The lowest BCUT2D eigenvalue weighted by Gasteiger charge is -2.31. The van der Waals surface area contributed by atoms with Crippen LogP contribution in [0, 0.1) is 5.82 Å². The van der Waals surface area contributed by atoms with Gasteiger partial charge in [0.25, 0.3) is 5.56 Å². The first-order valence-electron chi connectivity index (χ1n) is 10.5. The lowest BCUT2D eigenvalue weighted by molar-refractivity contribution is 0.145. The van der Waals surface area contributed by atoms with Crippen LogP contribution in [-0.2, 0) is 0 Å². The molecule has 0 amide bonds. The summed E-state index contributed by atoms with van der Waals surface area (Å²) in [6.07, 6.45) is 4.54. The Morgan fingerprint density at radius 3 is 2.69 bits per heavy atom. The predicted octanol–water partition coefficient (Wildman–Crippen LogP) is 3.83. The lowest BCUT2D eigenvalue weighted by Crippen LogP contribution is -2.35. The topological polar surface area (TPSA) is 94.1 Å². The number of H-pyrrole nitrogens is 1. The Labute approximate surface area is 183 Å². The number of hydrogen-bond donors (Lipinski definition) is 3. The summed E-state index contributed by atoms with van der Waals surface area (Å²) >= 11 is 0. The second kappa shape index (κ2) is 8.39. The van der Waals surface area contributed by atoms with Crippen LogP contribution in [0.2, 0.25) is 0 Å². The molecule has 1 aromatic carbocycles. The van der Waals surface area contributed by atoms with Gasteiger partial charge in [-0.25, -0.2) is 14.4 Å². The molecule has 5 rings (SSSR count). The van der Waals surface area contributed by atoms with Gasteiger partial charge in [-0.05, 0) is 49.2 Å². The van der Waals surface area contributed by atoms with Crippen LogP contribution < -0.4 is 15.8 Å². The van der Waals surface area contributed by atoms with E-state index in [9.17, 15) is 14.3 Å². The van der Waals surface area contributed by atoms with Crippen LogP contribution in [0.4, 0.5) is 21.6 Å². The maximum atomic E-state index is 14.4. The van der Waals surface area contributed by atoms with Crippen LogP contribution >= 0.6 is 0 Å². The minimum Gasteiger partial charge on any atom is -0.393 e. The maximum absolute atomic E-state index is 14.4. The second-order valence-electron chi connectivity index (χ2n) is 7.85. The summed E-state index contributed by atoms with van der Waals surface area (Å²) in [5.74, 6) is 0.172. The van der Waals surface area contributed by atoms with Crippen molar-refractivity contribution in [2.24, 2.45) is 0 Å². The molecule has 4 heterocycles. The third-order valence-electron chi connectivity index (χ3n) is 5.72. The fourth-order valence-corrected chi connectivity index (χ4v) is 4.01. The molecule has 162 valence electrons. The van der Waals surface area contributed by atoms with Gasteiger partial charge >= 0.3 is 0 Å². The van der Waals surface area contributed by atoms with E-state index in [0.29, 0.717) is 33.7 Å². The largest absolute Gasteiger partial charge is 0.393 e. The van der Waals surface area contributed by atoms with Crippen molar-refractivity contribution in [1.29, 1.82) is 0 Å². The molecule has 32 heavy (non-hydrogen) atoms. The van der Waals surface area contributed by atoms with E-state index in [-0.39, 0.29) is 17.5 Å². The summed E-state index contributed by atoms with van der Waals surface area (Å²) in [7, 11) is 0. The van der Waals surface area contributed by atoms with Gasteiger partial charge in [0.2, 0.25) is 0 Å². The molecule has 0 spiro atoms. The molecule has 0 atom stereocenters. The Kier molecular flexibility index (Phi) is 5.28. The van der Waals surface area contributed by atoms with E-state index in [2.05, 4.69) is 25.2 Å². The van der Waals surface area contributed by atoms with Crippen LogP contribution in [-0.4, -0.2) is 39.3 Å². The number of halogens is 1. The summed E-state index contributed by atoms with van der Waals surface area (Å²) in [6, 6.07) is 13.6. The molecule has 1 aliphatic rings. The summed E-state index contributed by atoms with van der Waals surface area (Å²) in [5, 5.41) is 13.3. The first kappa shape index (κ1) is 20.1. The first-order chi connectivity index (χ1) is 15.6. The van der Waals surface area contributed by atoms with Gasteiger partial charge in [0.1, 0.15) is 11.6 Å². The van der Waals surface area contributed by atoms with Crippen LogP contribution in [0.25, 0.3) is 22.2 Å². The van der Waals surface area contributed by atoms with E-state index < -0.39 is 0 Å². The number of pyridine rings is 3. The highest BCUT2D eigenvalue weighted by atomic mass is 19.1. The molecule has 4 aromatic rings. The molecule has 3 N–H and O–H groups in total. The number of aliphatic hydroxyl groups excluding tert-OH is 1. The Balaban J connectivity index is 1.51. The zero-order valence-corrected chi connectivity index (χ0v) is 17.3. The van der Waals surface area contributed by atoms with Crippen LogP contribution in [0.3, 0.4) is 0 Å². The quantitative estimate of drug-likeness (QED) is 0.455. The zero-order valence-electron chi connectivity index (χ0n) is 17.3. The molecule has 1 aliphatic heterocycles. The molecular formula is C24H22FN5O2. The molecule has 0 unspecified atom stereocenters. The number of benzene rings is 1. The van der Waals surface area contributed by atoms with Crippen LogP contribution in [0.15, 0.2) is 65.7 Å². The molecule has 8 heteroatoms. The number of aromatic nitrogens is 3. The van der Waals surface area contributed by atoms with E-state index in [4.69, 9.17) is 0 Å². The molecular weight excluding hydrogens is 409 g/mol. The molecule has 1 fully saturated rings. The molecule has 0 aliphatic carbocycles. The Hall–Kier alpha value is -3.78. The molecule has 1 saturated heterocycles. The number of nitrogens with one attached hydrogen (secondary N) is 2. The van der Waals surface area contributed by atoms with Gasteiger partial charge < -0.3 is 20.3 Å². The van der Waals surface area contributed by atoms with E-state index in [1.165, 1.54) is 12.3 Å². The van der Waals surface area contributed by atoms with Gasteiger partial charge in [-0.15, -0.1) is 0 Å². The average Bonchev–Trinajstić information content (AvgIpc) is 2.80. The first-order valence-corrected chi connectivity index (χ1v) is 10.5. The zero-order chi connectivity index (χ0) is 22.1. The molecule has 0 radical (unpaired) electrons. The fraction of sp³-hybridized carbons (Fsp3) is 0.208. The van der Waals surface area contributed by atoms with Crippen molar-refractivity contribution in [1.82, 2.24) is 15.0 Å². The van der Waals surface area contributed by atoms with E-state index in [1.807, 2.05) is 12.1 Å². The number of nitrogens with zero attached hydrogens (tertiary/aromatic N) is 3. The second-order valence-corrected chi connectivity index (χ2v) is 7.85. The molecule has 0 bridgehead atoms. The maximum Gasteiger partial charge on any atom is 0.259 e. The highest BCUT2D eigenvalue weighted by Gasteiger charge is 2.18. The fourth-order valence-electron chi connectivity index (χ4n) is 4.01. The monoisotopic (exact) mass is 431 g/mol. The molecule has 3 aromatic heterocycles. The van der Waals surface area contributed by atoms with E-state index >= 15 is 0 Å². The van der Waals surface area contributed by atoms with Gasteiger partial charge in [-0.3, -0.25) is 4.79 Å². The Bertz CT molecular complexity index is 1310. The van der Waals surface area contributed by atoms with Crippen molar-refractivity contribution in [3.05, 3.63) is 77.1 Å². The summed E-state index contributed by atoms with van der Waals surface area (Å²) in [6.45, 7) is 1.57. The van der Waals surface area contributed by atoms with Gasteiger partial charge in [0.15, 0.2) is 0 Å². The van der Waals surface area contributed by atoms with Crippen LogP contribution in [0.5, 0.6) is 0 Å². The number of rotatable bonds is 4. The van der Waals surface area contributed by atoms with Crippen molar-refractivity contribution in [3.8, 4) is 11.3 Å². The predicted molar refractivity (Wildman–Crippen MR) is 123 cm³/mol. The molecule has 7 nitrogen and oxygen atoms in total. The summed E-state index contributed by atoms with van der Waals surface area (Å²) in [5.41, 5.74) is 2.42. The van der Waals surface area contributed by atoms with Gasteiger partial charge in [-0.1, -0.05) is 12.1 Å². The van der Waals surface area contributed by atoms with Crippen molar-refractivity contribution < 1.29 is 9.50 Å². The van der Waals surface area contributed by atoms with Crippen LogP contribution in [0.1, 0.15) is 12.8 Å². The van der Waals surface area contributed by atoms with Crippen molar-refractivity contribution in [3.63, 3.8) is 0 Å². The standard InChI is InChI=1S/C24H22FN5O2/c25-18-4-2-1-3-17(18)20-13-21(23-19(28-20)7-10-26-24(23)32)29-22-6-5-15(14-27-22)30-11-8-16(31)9-12-30/h1-7,10,13-14,16,31H,8-9,11-12H2,(H,26,32)(H,27,28,29). The number of fused-ring (bicyclic) bond motifs is 1. The average molecular weight is 431 g/mol. The smallest absolute Gasteiger partial charge is 0.259 e. The van der Waals surface area contributed by atoms with Crippen molar-refractivity contribution >= 4 is 28.1 Å². The third-order valence-corrected chi connectivity index (χ3v) is 5.72. The summed E-state index contributed by atoms with van der Waals surface area (Å²) < 4.78 is 14.4. The minimum absolute atomic E-state index is 0.234. The Morgan fingerprint density at radius 2 is 1.94 bits per heavy atom. The van der Waals surface area contributed by atoms with Crippen molar-refractivity contribution in [2.75, 3.05) is 23.3 Å². The highest BCUT2D eigenvalue weighted by Crippen LogP contribution is 2.30.